The van der Waals surface area contributed by atoms with E-state index in [9.17, 15) is 13.6 Å². The first-order chi connectivity index (χ1) is 9.51. The second-order valence-electron chi connectivity index (χ2n) is 3.97. The minimum absolute atomic E-state index is 0.293. The van der Waals surface area contributed by atoms with Crippen LogP contribution < -0.4 is 11.4 Å². The summed E-state index contributed by atoms with van der Waals surface area (Å²) >= 11 is 4.83. The minimum Gasteiger partial charge on any atom is -0.327 e. The lowest BCUT2D eigenvalue weighted by molar-refractivity contribution is 0.400. The predicted octanol–water partition coefficient (Wildman–Crippen LogP) is 2.03. The van der Waals surface area contributed by atoms with Gasteiger partial charge in [0.2, 0.25) is 0 Å². The lowest BCUT2D eigenvalue weighted by Gasteiger charge is -2.02. The van der Waals surface area contributed by atoms with Crippen LogP contribution in [-0.4, -0.2) is 20.9 Å². The number of nitrogens with two attached hydrogens (primary N) is 1. The molecule has 2 rings (SSSR count). The van der Waals surface area contributed by atoms with Gasteiger partial charge in [0, 0.05) is 17.0 Å². The van der Waals surface area contributed by atoms with Crippen LogP contribution in [0.1, 0.15) is 4.88 Å². The largest absolute Gasteiger partial charge is 0.346 e. The molecule has 2 aromatic heterocycles. The zero-order chi connectivity index (χ0) is 14.7. The van der Waals surface area contributed by atoms with E-state index in [-0.39, 0.29) is 18.7 Å². The summed E-state index contributed by atoms with van der Waals surface area (Å²) in [4.78, 5) is 13.0. The fraction of sp³-hybridized carbons (Fsp3) is 0.273. The van der Waals surface area contributed by atoms with E-state index >= 15 is 0 Å². The third-order valence-corrected chi connectivity index (χ3v) is 4.21. The molecule has 0 radical (unpaired) electrons. The number of hydrogen-bond donors (Lipinski definition) is 1. The van der Waals surface area contributed by atoms with Crippen LogP contribution in [0.3, 0.4) is 0 Å². The van der Waals surface area contributed by atoms with Gasteiger partial charge in [0.1, 0.15) is 6.33 Å². The molecule has 0 aliphatic heterocycles. The number of thiophene rings is 1. The van der Waals surface area contributed by atoms with Crippen LogP contribution >= 0.6 is 27.3 Å². The fourth-order valence-electron chi connectivity index (χ4n) is 1.58. The highest BCUT2D eigenvalue weighted by Gasteiger charge is 2.11. The van der Waals surface area contributed by atoms with Crippen LogP contribution in [-0.2, 0) is 13.1 Å². The summed E-state index contributed by atoms with van der Waals surface area (Å²) in [5, 5.41) is 3.83. The Kier molecular flexibility index (Phi) is 4.84. The van der Waals surface area contributed by atoms with E-state index in [1.807, 2.05) is 12.1 Å². The first kappa shape index (κ1) is 15.1. The smallest absolute Gasteiger partial charge is 0.327 e. The number of hydrogen-bond acceptors (Lipinski definition) is 4. The van der Waals surface area contributed by atoms with Crippen LogP contribution in [0, 0.1) is 0 Å². The number of halogens is 3. The highest BCUT2D eigenvalue weighted by Crippen LogP contribution is 2.22. The third-order valence-electron chi connectivity index (χ3n) is 2.61. The van der Waals surface area contributed by atoms with Crippen LogP contribution in [0.25, 0.3) is 0 Å². The average Bonchev–Trinajstić information content (AvgIpc) is 2.95. The van der Waals surface area contributed by atoms with E-state index < -0.39 is 11.8 Å². The molecule has 0 fully saturated rings. The highest BCUT2D eigenvalue weighted by atomic mass is 79.9. The molecule has 2 heterocycles. The van der Waals surface area contributed by atoms with Gasteiger partial charge < -0.3 is 5.73 Å². The summed E-state index contributed by atoms with van der Waals surface area (Å²) < 4.78 is 28.3. The van der Waals surface area contributed by atoms with Crippen molar-refractivity contribution in [3.8, 4) is 0 Å². The van der Waals surface area contributed by atoms with Crippen molar-refractivity contribution in [2.24, 2.45) is 5.73 Å². The Morgan fingerprint density at radius 1 is 1.45 bits per heavy atom. The lowest BCUT2D eigenvalue weighted by atomic mass is 10.3. The highest BCUT2D eigenvalue weighted by molar-refractivity contribution is 9.11. The Balaban J connectivity index is 2.19. The van der Waals surface area contributed by atoms with Gasteiger partial charge in [0.15, 0.2) is 0 Å². The van der Waals surface area contributed by atoms with Gasteiger partial charge in [-0.1, -0.05) is 0 Å². The Bertz CT molecular complexity index is 687. The average molecular weight is 365 g/mol. The Hall–Kier alpha value is -1.32. The number of rotatable bonds is 5. The molecule has 9 heteroatoms. The number of aromatic nitrogens is 3. The molecule has 0 aliphatic rings. The SMILES string of the molecule is NCC(Cn1ncn(Cc2ccc(Br)s2)c1=O)=C(F)F. The van der Waals surface area contributed by atoms with Gasteiger partial charge in [-0.25, -0.2) is 9.48 Å². The first-order valence-electron chi connectivity index (χ1n) is 5.60. The number of nitrogens with zero attached hydrogens (tertiary/aromatic N) is 3. The van der Waals surface area contributed by atoms with Gasteiger partial charge in [-0.3, -0.25) is 4.57 Å². The Labute approximate surface area is 125 Å². The normalized spacial score (nSPS) is 10.8. The molecule has 108 valence electrons. The molecule has 0 spiro atoms. The zero-order valence-electron chi connectivity index (χ0n) is 10.2. The standard InChI is InChI=1S/C11H11BrF2N4OS/c12-9-2-1-8(20-9)5-17-6-16-18(11(17)19)4-7(3-15)10(13)14/h1-2,6H,3-5,15H2. The lowest BCUT2D eigenvalue weighted by Crippen LogP contribution is -2.27. The first-order valence-corrected chi connectivity index (χ1v) is 7.21. The maximum atomic E-state index is 12.5. The van der Waals surface area contributed by atoms with Crippen molar-refractivity contribution in [3.63, 3.8) is 0 Å². The van der Waals surface area contributed by atoms with E-state index in [1.54, 1.807) is 0 Å². The van der Waals surface area contributed by atoms with E-state index in [1.165, 1.54) is 22.2 Å². The summed E-state index contributed by atoms with van der Waals surface area (Å²) in [7, 11) is 0. The molecule has 0 aromatic carbocycles. The summed E-state index contributed by atoms with van der Waals surface area (Å²) in [5.41, 5.74) is 4.48. The van der Waals surface area contributed by atoms with Crippen molar-refractivity contribution in [3.05, 3.63) is 49.3 Å². The van der Waals surface area contributed by atoms with Gasteiger partial charge in [-0.05, 0) is 28.1 Å². The predicted molar refractivity (Wildman–Crippen MR) is 75.9 cm³/mol. The molecule has 2 aromatic rings. The van der Waals surface area contributed by atoms with E-state index in [2.05, 4.69) is 21.0 Å². The van der Waals surface area contributed by atoms with Crippen LogP contribution in [0.4, 0.5) is 8.78 Å². The quantitative estimate of drug-likeness (QED) is 0.882. The minimum atomic E-state index is -1.86. The summed E-state index contributed by atoms with van der Waals surface area (Å²) in [5.74, 6) is 0. The molecule has 5 nitrogen and oxygen atoms in total. The summed E-state index contributed by atoms with van der Waals surface area (Å²) in [6, 6.07) is 3.76. The maximum absolute atomic E-state index is 12.5. The van der Waals surface area contributed by atoms with Gasteiger partial charge >= 0.3 is 5.69 Å². The van der Waals surface area contributed by atoms with Crippen molar-refractivity contribution in [2.45, 2.75) is 13.1 Å². The molecule has 0 amide bonds. The van der Waals surface area contributed by atoms with Crippen LogP contribution in [0.15, 0.2) is 38.7 Å². The summed E-state index contributed by atoms with van der Waals surface area (Å²) in [6.45, 7) is -0.243. The molecule has 0 aliphatic carbocycles. The summed E-state index contributed by atoms with van der Waals surface area (Å²) in [6.07, 6.45) is -0.531. The van der Waals surface area contributed by atoms with Gasteiger partial charge in [-0.15, -0.1) is 11.3 Å². The Morgan fingerprint density at radius 2 is 2.20 bits per heavy atom. The zero-order valence-corrected chi connectivity index (χ0v) is 12.6. The second kappa shape index (κ2) is 6.42. The van der Waals surface area contributed by atoms with Crippen molar-refractivity contribution in [1.29, 1.82) is 0 Å². The second-order valence-corrected chi connectivity index (χ2v) is 6.52. The van der Waals surface area contributed by atoms with Gasteiger partial charge in [0.25, 0.3) is 6.08 Å². The molecular formula is C11H11BrF2N4OS. The molecule has 0 saturated heterocycles. The van der Waals surface area contributed by atoms with E-state index in [0.29, 0.717) is 6.54 Å². The molecule has 2 N–H and O–H groups in total. The molecule has 0 saturated carbocycles. The molecular weight excluding hydrogens is 354 g/mol. The van der Waals surface area contributed by atoms with Crippen molar-refractivity contribution >= 4 is 27.3 Å². The van der Waals surface area contributed by atoms with Crippen LogP contribution in [0.5, 0.6) is 0 Å². The van der Waals surface area contributed by atoms with Crippen molar-refractivity contribution in [2.75, 3.05) is 6.54 Å². The Morgan fingerprint density at radius 3 is 2.75 bits per heavy atom. The maximum Gasteiger partial charge on any atom is 0.346 e. The van der Waals surface area contributed by atoms with Gasteiger partial charge in [-0.2, -0.15) is 13.9 Å². The molecule has 0 bridgehead atoms. The third kappa shape index (κ3) is 3.41. The molecule has 0 atom stereocenters. The monoisotopic (exact) mass is 364 g/mol. The molecule has 20 heavy (non-hydrogen) atoms. The van der Waals surface area contributed by atoms with Crippen molar-refractivity contribution in [1.82, 2.24) is 14.3 Å². The fourth-order valence-corrected chi connectivity index (χ4v) is 3.06. The van der Waals surface area contributed by atoms with Crippen molar-refractivity contribution < 1.29 is 8.78 Å². The van der Waals surface area contributed by atoms with E-state index in [4.69, 9.17) is 5.73 Å². The molecule has 0 unspecified atom stereocenters. The van der Waals surface area contributed by atoms with E-state index in [0.717, 1.165) is 13.3 Å². The van der Waals surface area contributed by atoms with Gasteiger partial charge in [0.05, 0.1) is 16.9 Å². The van der Waals surface area contributed by atoms with Crippen LogP contribution in [0.2, 0.25) is 0 Å². The topological polar surface area (TPSA) is 65.8 Å².